The predicted octanol–water partition coefficient (Wildman–Crippen LogP) is 5.08. The molecule has 1 atom stereocenters. The number of aromatic nitrogens is 1. The molecule has 7 heteroatoms. The summed E-state index contributed by atoms with van der Waals surface area (Å²) in [5.74, 6) is 0.0403. The van der Waals surface area contributed by atoms with E-state index in [0.717, 1.165) is 39.5 Å². The van der Waals surface area contributed by atoms with Crippen molar-refractivity contribution in [1.82, 2.24) is 10.3 Å². The minimum atomic E-state index is -0.320. The highest BCUT2D eigenvalue weighted by Gasteiger charge is 2.42. The molecular weight excluding hydrogens is 444 g/mol. The number of pyridine rings is 1. The Labute approximate surface area is 203 Å². The Morgan fingerprint density at radius 2 is 2.03 bits per heavy atom. The van der Waals surface area contributed by atoms with Crippen LogP contribution in [0.5, 0.6) is 0 Å². The maximum atomic E-state index is 13.6. The smallest absolute Gasteiger partial charge is 0.239 e. The summed E-state index contributed by atoms with van der Waals surface area (Å²) in [6.45, 7) is 4.81. The molecule has 0 fully saturated rings. The SMILES string of the molecule is CC1(C)CC(=O)C2=C(C1)Nc1ccccc1N(CC(=O)NCc1cccnc1)C2c1cccs1. The number of hydrogen-bond donors (Lipinski definition) is 2. The third kappa shape index (κ3) is 4.48. The van der Waals surface area contributed by atoms with Crippen LogP contribution in [-0.2, 0) is 16.1 Å². The molecule has 2 aromatic heterocycles. The maximum absolute atomic E-state index is 13.6. The molecular formula is C27H28N4O2S. The Morgan fingerprint density at radius 3 is 2.79 bits per heavy atom. The molecule has 0 radical (unpaired) electrons. The normalized spacial score (nSPS) is 19.1. The number of para-hydroxylation sites is 2. The molecule has 0 spiro atoms. The van der Waals surface area contributed by atoms with Gasteiger partial charge in [0.1, 0.15) is 0 Å². The molecule has 0 saturated heterocycles. The van der Waals surface area contributed by atoms with Crippen molar-refractivity contribution in [2.24, 2.45) is 5.41 Å². The highest BCUT2D eigenvalue weighted by molar-refractivity contribution is 7.10. The van der Waals surface area contributed by atoms with Gasteiger partial charge in [-0.15, -0.1) is 11.3 Å². The number of anilines is 2. The minimum absolute atomic E-state index is 0.104. The van der Waals surface area contributed by atoms with Crippen LogP contribution in [0.2, 0.25) is 0 Å². The molecule has 1 aliphatic heterocycles. The van der Waals surface area contributed by atoms with Crippen molar-refractivity contribution < 1.29 is 9.59 Å². The van der Waals surface area contributed by atoms with Crippen molar-refractivity contribution in [2.75, 3.05) is 16.8 Å². The first-order valence-corrected chi connectivity index (χ1v) is 12.4. The van der Waals surface area contributed by atoms with Crippen LogP contribution >= 0.6 is 11.3 Å². The summed E-state index contributed by atoms with van der Waals surface area (Å²) in [6.07, 6.45) is 4.74. The highest BCUT2D eigenvalue weighted by Crippen LogP contribution is 2.48. The van der Waals surface area contributed by atoms with Crippen LogP contribution in [0.25, 0.3) is 0 Å². The van der Waals surface area contributed by atoms with Crippen LogP contribution in [0, 0.1) is 5.41 Å². The van der Waals surface area contributed by atoms with Gasteiger partial charge in [0.2, 0.25) is 5.91 Å². The first-order valence-electron chi connectivity index (χ1n) is 11.5. The molecule has 1 amide bonds. The molecule has 5 rings (SSSR count). The number of nitrogens with one attached hydrogen (secondary N) is 2. The summed E-state index contributed by atoms with van der Waals surface area (Å²) < 4.78 is 0. The number of carbonyl (C=O) groups excluding carboxylic acids is 2. The van der Waals surface area contributed by atoms with E-state index >= 15 is 0 Å². The Bertz CT molecular complexity index is 1230. The molecule has 34 heavy (non-hydrogen) atoms. The number of benzene rings is 1. The van der Waals surface area contributed by atoms with E-state index in [-0.39, 0.29) is 29.7 Å². The van der Waals surface area contributed by atoms with Gasteiger partial charge in [-0.05, 0) is 47.0 Å². The fourth-order valence-electron chi connectivity index (χ4n) is 4.88. The van der Waals surface area contributed by atoms with Crippen molar-refractivity contribution in [3.05, 3.63) is 88.0 Å². The molecule has 174 valence electrons. The van der Waals surface area contributed by atoms with E-state index in [1.165, 1.54) is 0 Å². The largest absolute Gasteiger partial charge is 0.357 e. The van der Waals surface area contributed by atoms with Crippen LogP contribution in [0.15, 0.2) is 77.6 Å². The molecule has 1 aliphatic carbocycles. The van der Waals surface area contributed by atoms with E-state index in [4.69, 9.17) is 0 Å². The topological polar surface area (TPSA) is 74.3 Å². The monoisotopic (exact) mass is 472 g/mol. The van der Waals surface area contributed by atoms with Crippen molar-refractivity contribution in [1.29, 1.82) is 0 Å². The number of thiophene rings is 1. The summed E-state index contributed by atoms with van der Waals surface area (Å²) in [5.41, 5.74) is 4.40. The third-order valence-electron chi connectivity index (χ3n) is 6.34. The molecule has 2 aliphatic rings. The minimum Gasteiger partial charge on any atom is -0.357 e. The van der Waals surface area contributed by atoms with Crippen molar-refractivity contribution in [3.63, 3.8) is 0 Å². The fraction of sp³-hybridized carbons (Fsp3) is 0.296. The number of nitrogens with zero attached hydrogens (tertiary/aromatic N) is 2. The van der Waals surface area contributed by atoms with Gasteiger partial charge >= 0.3 is 0 Å². The van der Waals surface area contributed by atoms with Gasteiger partial charge in [0.15, 0.2) is 5.78 Å². The number of fused-ring (bicyclic) bond motifs is 1. The number of Topliss-reactive ketones (excluding diaryl/α,β-unsaturated/α-hetero) is 1. The van der Waals surface area contributed by atoms with Gasteiger partial charge < -0.3 is 15.5 Å². The molecule has 2 N–H and O–H groups in total. The molecule has 6 nitrogen and oxygen atoms in total. The first kappa shape index (κ1) is 22.3. The lowest BCUT2D eigenvalue weighted by Gasteiger charge is -2.37. The van der Waals surface area contributed by atoms with E-state index in [1.807, 2.05) is 47.8 Å². The van der Waals surface area contributed by atoms with Gasteiger partial charge in [0, 0.05) is 41.5 Å². The fourth-order valence-corrected chi connectivity index (χ4v) is 5.73. The second-order valence-electron chi connectivity index (χ2n) is 9.66. The third-order valence-corrected chi connectivity index (χ3v) is 7.27. The molecule has 1 aromatic carbocycles. The zero-order chi connectivity index (χ0) is 23.7. The summed E-state index contributed by atoms with van der Waals surface area (Å²) in [4.78, 5) is 34.0. The van der Waals surface area contributed by atoms with Gasteiger partial charge in [0.25, 0.3) is 0 Å². The Morgan fingerprint density at radius 1 is 1.18 bits per heavy atom. The average molecular weight is 473 g/mol. The number of rotatable bonds is 5. The summed E-state index contributed by atoms with van der Waals surface area (Å²) in [6, 6.07) is 15.5. The Balaban J connectivity index is 1.55. The quantitative estimate of drug-likeness (QED) is 0.542. The lowest BCUT2D eigenvalue weighted by molar-refractivity contribution is -0.120. The number of hydrogen-bond acceptors (Lipinski definition) is 6. The maximum Gasteiger partial charge on any atom is 0.239 e. The van der Waals surface area contributed by atoms with Crippen LogP contribution < -0.4 is 15.5 Å². The number of allylic oxidation sites excluding steroid dienone is 1. The zero-order valence-electron chi connectivity index (χ0n) is 19.4. The molecule has 0 bridgehead atoms. The van der Waals surface area contributed by atoms with E-state index in [2.05, 4.69) is 40.4 Å². The molecule has 3 heterocycles. The summed E-state index contributed by atoms with van der Waals surface area (Å²) >= 11 is 1.62. The second-order valence-corrected chi connectivity index (χ2v) is 10.6. The standard InChI is InChI=1S/C27H28N4O2S/c1-27(2)13-20-25(22(32)14-27)26(23-10-6-12-34-23)31(21-9-4-3-8-19(21)30-20)17-24(33)29-16-18-7-5-11-28-15-18/h3-12,15,26,30H,13-14,16-17H2,1-2H3,(H,29,33). The van der Waals surface area contributed by atoms with Crippen molar-refractivity contribution in [2.45, 2.75) is 39.3 Å². The van der Waals surface area contributed by atoms with Crippen molar-refractivity contribution >= 4 is 34.4 Å². The van der Waals surface area contributed by atoms with E-state index in [9.17, 15) is 9.59 Å². The van der Waals surface area contributed by atoms with Crippen LogP contribution in [0.3, 0.4) is 0 Å². The summed E-state index contributed by atoms with van der Waals surface area (Å²) in [5, 5.41) is 8.63. The Hall–Kier alpha value is -3.45. The number of ketones is 1. The van der Waals surface area contributed by atoms with E-state index in [1.54, 1.807) is 23.7 Å². The lowest BCUT2D eigenvalue weighted by Crippen LogP contribution is -2.41. The van der Waals surface area contributed by atoms with Gasteiger partial charge in [0.05, 0.1) is 24.0 Å². The number of carbonyl (C=O) groups is 2. The second kappa shape index (κ2) is 9.06. The average Bonchev–Trinajstić information content (AvgIpc) is 3.30. The van der Waals surface area contributed by atoms with Crippen LogP contribution in [0.1, 0.15) is 43.2 Å². The van der Waals surface area contributed by atoms with E-state index < -0.39 is 0 Å². The van der Waals surface area contributed by atoms with Gasteiger partial charge in [-0.3, -0.25) is 14.6 Å². The number of amides is 1. The predicted molar refractivity (Wildman–Crippen MR) is 136 cm³/mol. The highest BCUT2D eigenvalue weighted by atomic mass is 32.1. The summed E-state index contributed by atoms with van der Waals surface area (Å²) in [7, 11) is 0. The lowest BCUT2D eigenvalue weighted by atomic mass is 9.74. The molecule has 1 unspecified atom stereocenters. The van der Waals surface area contributed by atoms with E-state index in [0.29, 0.717) is 13.0 Å². The molecule has 3 aromatic rings. The van der Waals surface area contributed by atoms with Crippen LogP contribution in [-0.4, -0.2) is 23.2 Å². The molecule has 0 saturated carbocycles. The van der Waals surface area contributed by atoms with Gasteiger partial charge in [-0.1, -0.05) is 38.1 Å². The van der Waals surface area contributed by atoms with Crippen molar-refractivity contribution in [3.8, 4) is 0 Å². The first-order chi connectivity index (χ1) is 16.4. The Kier molecular flexibility index (Phi) is 5.96. The van der Waals surface area contributed by atoms with Gasteiger partial charge in [-0.25, -0.2) is 0 Å². The van der Waals surface area contributed by atoms with Crippen LogP contribution in [0.4, 0.5) is 11.4 Å². The van der Waals surface area contributed by atoms with Gasteiger partial charge in [-0.2, -0.15) is 0 Å². The zero-order valence-corrected chi connectivity index (χ0v) is 20.2.